The minimum Gasteiger partial charge on any atom is -0.493 e. The molecule has 0 radical (unpaired) electrons. The summed E-state index contributed by atoms with van der Waals surface area (Å²) in [5.74, 6) is 1.57. The van der Waals surface area contributed by atoms with E-state index in [1.807, 2.05) is 12.1 Å². The number of benzene rings is 1. The van der Waals surface area contributed by atoms with Gasteiger partial charge in [0.1, 0.15) is 12.2 Å². The summed E-state index contributed by atoms with van der Waals surface area (Å²) in [6, 6.07) is 4.11. The predicted octanol–water partition coefficient (Wildman–Crippen LogP) is 1.27. The van der Waals surface area contributed by atoms with Crippen molar-refractivity contribution in [3.63, 3.8) is 0 Å². The smallest absolute Gasteiger partial charge is 0.166 e. The number of likely N-dealkylation sites (N-methyl/N-ethyl adjacent to an activating group) is 1. The number of aliphatic hydroxyl groups excluding tert-OH is 1. The fourth-order valence-electron chi connectivity index (χ4n) is 5.92. The molecule has 2 aliphatic heterocycles. The monoisotopic (exact) mass is 329 g/mol. The van der Waals surface area contributed by atoms with Crippen LogP contribution in [0.1, 0.15) is 17.5 Å². The second-order valence-electron chi connectivity index (χ2n) is 7.42. The Bertz CT molecular complexity index is 747. The van der Waals surface area contributed by atoms with Gasteiger partial charge in [-0.15, -0.1) is 0 Å². The van der Waals surface area contributed by atoms with Gasteiger partial charge in [0.2, 0.25) is 0 Å². The maximum absolute atomic E-state index is 10.7. The zero-order valence-corrected chi connectivity index (χ0v) is 14.3. The van der Waals surface area contributed by atoms with E-state index in [0.717, 1.165) is 30.9 Å². The molecule has 1 spiro atoms. The van der Waals surface area contributed by atoms with Gasteiger partial charge in [-0.25, -0.2) is 0 Å². The Balaban J connectivity index is 1.88. The second-order valence-corrected chi connectivity index (χ2v) is 7.42. The highest BCUT2D eigenvalue weighted by molar-refractivity contribution is 5.65. The summed E-state index contributed by atoms with van der Waals surface area (Å²) in [6.45, 7) is 0.951. The first-order chi connectivity index (χ1) is 11.6. The van der Waals surface area contributed by atoms with Crippen molar-refractivity contribution in [1.82, 2.24) is 4.90 Å². The molecule has 1 aromatic carbocycles. The number of rotatable bonds is 2. The number of likely N-dealkylation sites (tertiary alicyclic amines) is 1. The molecule has 1 N–H and O–H groups in total. The van der Waals surface area contributed by atoms with Crippen molar-refractivity contribution in [3.05, 3.63) is 35.4 Å². The van der Waals surface area contributed by atoms with Gasteiger partial charge in [0.15, 0.2) is 11.5 Å². The summed E-state index contributed by atoms with van der Waals surface area (Å²) < 4.78 is 17.9. The van der Waals surface area contributed by atoms with E-state index in [9.17, 15) is 5.11 Å². The summed E-state index contributed by atoms with van der Waals surface area (Å²) in [4.78, 5) is 2.39. The van der Waals surface area contributed by atoms with Crippen LogP contribution in [0, 0.1) is 0 Å². The van der Waals surface area contributed by atoms with Crippen molar-refractivity contribution in [2.45, 2.75) is 42.1 Å². The summed E-state index contributed by atoms with van der Waals surface area (Å²) in [5.41, 5.74) is 1.92. The molecule has 5 unspecified atom stereocenters. The van der Waals surface area contributed by atoms with Gasteiger partial charge in [-0.05, 0) is 31.6 Å². The summed E-state index contributed by atoms with van der Waals surface area (Å²) >= 11 is 0. The SMILES string of the molecule is COc1ccc2c3c1OC1C(O)C=CC4(C(OC)C2)N(C)CCC314. The van der Waals surface area contributed by atoms with E-state index in [4.69, 9.17) is 14.2 Å². The van der Waals surface area contributed by atoms with Crippen molar-refractivity contribution in [2.75, 3.05) is 27.8 Å². The Morgan fingerprint density at radius 3 is 2.92 bits per heavy atom. The molecule has 1 fully saturated rings. The zero-order chi connectivity index (χ0) is 16.7. The Morgan fingerprint density at radius 2 is 2.17 bits per heavy atom. The number of nitrogens with zero attached hydrogens (tertiary/aromatic N) is 1. The van der Waals surface area contributed by atoms with Crippen LogP contribution in [0.2, 0.25) is 0 Å². The number of methoxy groups -OCH3 is 2. The third-order valence-electron chi connectivity index (χ3n) is 6.83. The number of hydrogen-bond donors (Lipinski definition) is 1. The Labute approximate surface area is 141 Å². The third kappa shape index (κ3) is 1.32. The summed E-state index contributed by atoms with van der Waals surface area (Å²) in [5, 5.41) is 10.7. The average molecular weight is 329 g/mol. The molecule has 0 bridgehead atoms. The molecule has 4 aliphatic rings. The van der Waals surface area contributed by atoms with Crippen LogP contribution < -0.4 is 9.47 Å². The van der Waals surface area contributed by atoms with Crippen LogP contribution in [0.5, 0.6) is 11.5 Å². The van der Waals surface area contributed by atoms with Crippen molar-refractivity contribution in [2.24, 2.45) is 0 Å². The minimum absolute atomic E-state index is 0.0340. The topological polar surface area (TPSA) is 51.2 Å². The quantitative estimate of drug-likeness (QED) is 0.828. The fraction of sp³-hybridized carbons (Fsp3) is 0.579. The van der Waals surface area contributed by atoms with Crippen LogP contribution in [0.15, 0.2) is 24.3 Å². The number of aliphatic hydroxyl groups is 1. The van der Waals surface area contributed by atoms with Gasteiger partial charge < -0.3 is 19.3 Å². The van der Waals surface area contributed by atoms with Crippen molar-refractivity contribution in [3.8, 4) is 11.5 Å². The molecule has 5 atom stereocenters. The van der Waals surface area contributed by atoms with Gasteiger partial charge in [0, 0.05) is 19.1 Å². The highest BCUT2D eigenvalue weighted by atomic mass is 16.5. The molecule has 0 amide bonds. The Kier molecular flexibility index (Phi) is 2.79. The third-order valence-corrected chi connectivity index (χ3v) is 6.83. The standard InChI is InChI=1S/C19H23NO4/c1-20-9-8-18-15-11-4-5-13(22-2)16(15)24-17(18)12(21)6-7-19(18,20)14(10-11)23-3/h4-7,12,14,17,21H,8-10H2,1-3H3. The average Bonchev–Trinajstić information content (AvgIpc) is 3.11. The molecule has 0 aromatic heterocycles. The lowest BCUT2D eigenvalue weighted by Crippen LogP contribution is -2.70. The van der Waals surface area contributed by atoms with Gasteiger partial charge in [-0.2, -0.15) is 0 Å². The van der Waals surface area contributed by atoms with Crippen LogP contribution in [-0.4, -0.2) is 61.7 Å². The minimum atomic E-state index is -0.620. The van der Waals surface area contributed by atoms with Crippen molar-refractivity contribution in [1.29, 1.82) is 0 Å². The normalized spacial score (nSPS) is 41.8. The first-order valence-corrected chi connectivity index (χ1v) is 8.58. The fourth-order valence-corrected chi connectivity index (χ4v) is 5.92. The molecule has 2 heterocycles. The van der Waals surface area contributed by atoms with Crippen molar-refractivity contribution >= 4 is 0 Å². The molecule has 128 valence electrons. The molecular weight excluding hydrogens is 306 g/mol. The first kappa shape index (κ1) is 14.8. The van der Waals surface area contributed by atoms with Gasteiger partial charge in [-0.1, -0.05) is 18.2 Å². The van der Waals surface area contributed by atoms with E-state index in [0.29, 0.717) is 0 Å². The molecular formula is C19H23NO4. The largest absolute Gasteiger partial charge is 0.493 e. The maximum atomic E-state index is 10.7. The molecule has 1 aromatic rings. The van der Waals surface area contributed by atoms with E-state index in [1.165, 1.54) is 11.1 Å². The van der Waals surface area contributed by atoms with Crippen molar-refractivity contribution < 1.29 is 19.3 Å². The number of ether oxygens (including phenoxy) is 3. The van der Waals surface area contributed by atoms with Crippen LogP contribution in [0.3, 0.4) is 0 Å². The van der Waals surface area contributed by atoms with Gasteiger partial charge in [0.05, 0.1) is 24.2 Å². The first-order valence-electron chi connectivity index (χ1n) is 8.58. The van der Waals surface area contributed by atoms with E-state index >= 15 is 0 Å². The summed E-state index contributed by atoms with van der Waals surface area (Å²) in [7, 11) is 5.62. The molecule has 1 saturated heterocycles. The molecule has 5 rings (SSSR count). The predicted molar refractivity (Wildman–Crippen MR) is 88.7 cm³/mol. The maximum Gasteiger partial charge on any atom is 0.166 e. The molecule has 5 nitrogen and oxygen atoms in total. The van der Waals surface area contributed by atoms with Gasteiger partial charge >= 0.3 is 0 Å². The van der Waals surface area contributed by atoms with Crippen LogP contribution in [0.4, 0.5) is 0 Å². The van der Waals surface area contributed by atoms with Gasteiger partial charge in [-0.3, -0.25) is 4.90 Å². The molecule has 5 heteroatoms. The summed E-state index contributed by atoms with van der Waals surface area (Å²) in [6.07, 6.45) is 4.97. The van der Waals surface area contributed by atoms with E-state index in [-0.39, 0.29) is 23.2 Å². The molecule has 24 heavy (non-hydrogen) atoms. The van der Waals surface area contributed by atoms with Crippen LogP contribution >= 0.6 is 0 Å². The van der Waals surface area contributed by atoms with Gasteiger partial charge in [0.25, 0.3) is 0 Å². The highest BCUT2D eigenvalue weighted by Gasteiger charge is 2.73. The highest BCUT2D eigenvalue weighted by Crippen LogP contribution is 2.66. The zero-order valence-electron chi connectivity index (χ0n) is 14.3. The van der Waals surface area contributed by atoms with E-state index in [2.05, 4.69) is 24.1 Å². The lowest BCUT2D eigenvalue weighted by molar-refractivity contribution is -0.0819. The van der Waals surface area contributed by atoms with Crippen LogP contribution in [0.25, 0.3) is 0 Å². The lowest BCUT2D eigenvalue weighted by atomic mass is 9.53. The van der Waals surface area contributed by atoms with Crippen LogP contribution in [-0.2, 0) is 16.6 Å². The molecule has 2 aliphatic carbocycles. The Hall–Kier alpha value is -1.56. The van der Waals surface area contributed by atoms with E-state index in [1.54, 1.807) is 14.2 Å². The molecule has 0 saturated carbocycles. The lowest BCUT2D eigenvalue weighted by Gasteiger charge is -2.56. The second kappa shape index (κ2) is 4.54. The Morgan fingerprint density at radius 1 is 1.33 bits per heavy atom. The number of hydrogen-bond acceptors (Lipinski definition) is 5. The van der Waals surface area contributed by atoms with E-state index < -0.39 is 6.10 Å².